The van der Waals surface area contributed by atoms with Gasteiger partial charge in [0.05, 0.1) is 24.4 Å². The molecule has 0 amide bonds. The molecule has 10 nitrogen and oxygen atoms in total. The molecule has 0 saturated carbocycles. The fourth-order valence-electron chi connectivity index (χ4n) is 3.55. The van der Waals surface area contributed by atoms with Crippen molar-refractivity contribution in [2.24, 2.45) is 7.05 Å². The maximum atomic E-state index is 11.5. The number of benzene rings is 1. The van der Waals surface area contributed by atoms with Gasteiger partial charge < -0.3 is 14.5 Å². The van der Waals surface area contributed by atoms with Crippen molar-refractivity contribution in [1.82, 2.24) is 19.7 Å². The Bertz CT molecular complexity index is 1010. The zero-order valence-electron chi connectivity index (χ0n) is 16.2. The van der Waals surface area contributed by atoms with Gasteiger partial charge in [-0.25, -0.2) is 4.98 Å². The lowest BCUT2D eigenvalue weighted by Gasteiger charge is -2.37. The molecule has 3 heterocycles. The maximum absolute atomic E-state index is 11.5. The highest BCUT2D eigenvalue weighted by molar-refractivity contribution is 5.82. The molecule has 1 aromatic carbocycles. The molecular formula is C19H21N7O3. The maximum Gasteiger partial charge on any atom is 0.311 e. The minimum absolute atomic E-state index is 0.0618. The van der Waals surface area contributed by atoms with Crippen molar-refractivity contribution in [1.29, 1.82) is 0 Å². The molecule has 0 bridgehead atoms. The summed E-state index contributed by atoms with van der Waals surface area (Å²) >= 11 is 0. The highest BCUT2D eigenvalue weighted by Crippen LogP contribution is 2.40. The van der Waals surface area contributed by atoms with E-state index >= 15 is 0 Å². The van der Waals surface area contributed by atoms with Gasteiger partial charge in [-0.1, -0.05) is 0 Å². The third kappa shape index (κ3) is 3.68. The van der Waals surface area contributed by atoms with Crippen molar-refractivity contribution in [3.8, 4) is 16.9 Å². The topological polar surface area (TPSA) is 102 Å². The van der Waals surface area contributed by atoms with Gasteiger partial charge in [0, 0.05) is 80.8 Å². The lowest BCUT2D eigenvalue weighted by atomic mass is 10.0. The summed E-state index contributed by atoms with van der Waals surface area (Å²) < 4.78 is 6.99. The second-order valence-electron chi connectivity index (χ2n) is 6.74. The summed E-state index contributed by atoms with van der Waals surface area (Å²) in [5.41, 5.74) is 2.41. The zero-order valence-corrected chi connectivity index (χ0v) is 16.2. The van der Waals surface area contributed by atoms with Gasteiger partial charge in [-0.3, -0.25) is 19.8 Å². The molecule has 2 aromatic heterocycles. The van der Waals surface area contributed by atoms with Crippen LogP contribution in [0.25, 0.3) is 11.1 Å². The lowest BCUT2D eigenvalue weighted by Crippen LogP contribution is -2.47. The minimum atomic E-state index is -0.422. The summed E-state index contributed by atoms with van der Waals surface area (Å²) in [4.78, 5) is 24.0. The van der Waals surface area contributed by atoms with Gasteiger partial charge in [-0.15, -0.1) is 0 Å². The fraction of sp³-hybridized carbons (Fsp3) is 0.316. The number of nitro groups is 1. The average molecular weight is 395 g/mol. The molecule has 150 valence electrons. The molecule has 0 aliphatic carbocycles. The molecule has 3 aromatic rings. The van der Waals surface area contributed by atoms with E-state index in [2.05, 4.69) is 24.9 Å². The largest absolute Gasteiger partial charge is 0.490 e. The first-order chi connectivity index (χ1) is 14.1. The van der Waals surface area contributed by atoms with E-state index in [1.54, 1.807) is 41.6 Å². The van der Waals surface area contributed by atoms with E-state index in [0.717, 1.165) is 48.8 Å². The lowest BCUT2D eigenvalue weighted by molar-refractivity contribution is -0.385. The number of nitrogens with zero attached hydrogens (tertiary/aromatic N) is 7. The van der Waals surface area contributed by atoms with E-state index in [0.29, 0.717) is 0 Å². The van der Waals surface area contributed by atoms with Crippen molar-refractivity contribution in [2.45, 2.75) is 0 Å². The van der Waals surface area contributed by atoms with Crippen LogP contribution in [0.4, 0.5) is 17.2 Å². The van der Waals surface area contributed by atoms with Gasteiger partial charge in [0.2, 0.25) is 0 Å². The number of ether oxygens (including phenoxy) is 1. The third-order valence-corrected chi connectivity index (χ3v) is 5.00. The second-order valence-corrected chi connectivity index (χ2v) is 6.74. The van der Waals surface area contributed by atoms with E-state index in [9.17, 15) is 10.1 Å². The van der Waals surface area contributed by atoms with Crippen LogP contribution in [0.15, 0.2) is 43.1 Å². The molecule has 0 atom stereocenters. The predicted molar refractivity (Wildman–Crippen MR) is 108 cm³/mol. The Hall–Kier alpha value is -3.69. The smallest absolute Gasteiger partial charge is 0.311 e. The fourth-order valence-corrected chi connectivity index (χ4v) is 3.55. The molecular weight excluding hydrogens is 374 g/mol. The molecule has 0 N–H and O–H groups in total. The summed E-state index contributed by atoms with van der Waals surface area (Å²) in [5, 5.41) is 15.8. The van der Waals surface area contributed by atoms with Crippen LogP contribution in [0, 0.1) is 10.1 Å². The van der Waals surface area contributed by atoms with Gasteiger partial charge in [0.15, 0.2) is 5.75 Å². The summed E-state index contributed by atoms with van der Waals surface area (Å²) in [6.07, 6.45) is 8.66. The Morgan fingerprint density at radius 2 is 1.86 bits per heavy atom. The van der Waals surface area contributed by atoms with Crippen molar-refractivity contribution >= 4 is 17.2 Å². The number of anilines is 2. The molecule has 1 aliphatic heterocycles. The van der Waals surface area contributed by atoms with Crippen molar-refractivity contribution < 1.29 is 9.66 Å². The van der Waals surface area contributed by atoms with E-state index in [-0.39, 0.29) is 11.4 Å². The number of piperazine rings is 1. The van der Waals surface area contributed by atoms with Crippen LogP contribution in [0.1, 0.15) is 0 Å². The number of hydrogen-bond acceptors (Lipinski definition) is 8. The van der Waals surface area contributed by atoms with Crippen LogP contribution in [0.2, 0.25) is 0 Å². The highest BCUT2D eigenvalue weighted by Gasteiger charge is 2.26. The van der Waals surface area contributed by atoms with E-state index < -0.39 is 4.92 Å². The SMILES string of the molecule is COc1cc(N2CCN(c3cnccn3)CC2)c(-c2cnn(C)c2)cc1[N+](=O)[O-]. The molecule has 0 radical (unpaired) electrons. The first-order valence-electron chi connectivity index (χ1n) is 9.18. The zero-order chi connectivity index (χ0) is 20.4. The number of methoxy groups -OCH3 is 1. The van der Waals surface area contributed by atoms with Crippen LogP contribution >= 0.6 is 0 Å². The van der Waals surface area contributed by atoms with Crippen LogP contribution in [-0.2, 0) is 7.05 Å². The number of aryl methyl sites for hydroxylation is 1. The summed E-state index contributed by atoms with van der Waals surface area (Å²) in [6, 6.07) is 3.32. The number of aromatic nitrogens is 4. The minimum Gasteiger partial charge on any atom is -0.490 e. The molecule has 1 aliphatic rings. The van der Waals surface area contributed by atoms with Crippen molar-refractivity contribution in [2.75, 3.05) is 43.1 Å². The van der Waals surface area contributed by atoms with E-state index in [4.69, 9.17) is 4.74 Å². The highest BCUT2D eigenvalue weighted by atomic mass is 16.6. The van der Waals surface area contributed by atoms with Gasteiger partial charge >= 0.3 is 5.69 Å². The average Bonchev–Trinajstić information content (AvgIpc) is 3.19. The van der Waals surface area contributed by atoms with Crippen molar-refractivity contribution in [3.05, 3.63) is 53.2 Å². The Kier molecular flexibility index (Phi) is 4.98. The van der Waals surface area contributed by atoms with Crippen LogP contribution in [-0.4, -0.2) is 58.0 Å². The Morgan fingerprint density at radius 1 is 1.10 bits per heavy atom. The number of hydrogen-bond donors (Lipinski definition) is 0. The monoisotopic (exact) mass is 395 g/mol. The first kappa shape index (κ1) is 18.7. The van der Waals surface area contributed by atoms with Gasteiger partial charge in [-0.2, -0.15) is 5.10 Å². The summed E-state index contributed by atoms with van der Waals surface area (Å²) in [5.74, 6) is 1.09. The van der Waals surface area contributed by atoms with Gasteiger partial charge in [-0.05, 0) is 0 Å². The molecule has 1 saturated heterocycles. The first-order valence-corrected chi connectivity index (χ1v) is 9.18. The summed E-state index contributed by atoms with van der Waals surface area (Å²) in [7, 11) is 3.27. The molecule has 0 unspecified atom stereocenters. The van der Waals surface area contributed by atoms with Crippen LogP contribution < -0.4 is 14.5 Å². The number of rotatable bonds is 5. The predicted octanol–water partition coefficient (Wildman–Crippen LogP) is 2.12. The van der Waals surface area contributed by atoms with Gasteiger partial charge in [0.1, 0.15) is 5.82 Å². The van der Waals surface area contributed by atoms with E-state index in [1.807, 2.05) is 13.2 Å². The molecule has 0 spiro atoms. The van der Waals surface area contributed by atoms with Gasteiger partial charge in [0.25, 0.3) is 0 Å². The molecule has 4 rings (SSSR count). The molecule has 1 fully saturated rings. The number of nitro benzene ring substituents is 1. The Labute approximate surface area is 167 Å². The molecule has 10 heteroatoms. The Morgan fingerprint density at radius 3 is 2.45 bits per heavy atom. The van der Waals surface area contributed by atoms with Crippen LogP contribution in [0.3, 0.4) is 0 Å². The quantitative estimate of drug-likeness (QED) is 0.478. The summed E-state index contributed by atoms with van der Waals surface area (Å²) in [6.45, 7) is 3.02. The standard InChI is InChI=1S/C19H21N7O3/c1-23-13-14(11-22-23)15-9-17(26(27)28)18(29-2)10-16(15)24-5-7-25(8-6-24)19-12-20-3-4-21-19/h3-4,9-13H,5-8H2,1-2H3. The third-order valence-electron chi connectivity index (χ3n) is 5.00. The van der Waals surface area contributed by atoms with Crippen LogP contribution in [0.5, 0.6) is 5.75 Å². The van der Waals surface area contributed by atoms with E-state index in [1.165, 1.54) is 7.11 Å². The van der Waals surface area contributed by atoms with Crippen molar-refractivity contribution in [3.63, 3.8) is 0 Å². The normalized spacial score (nSPS) is 14.1. The Balaban J connectivity index is 1.68. The second kappa shape index (κ2) is 7.74. The molecule has 29 heavy (non-hydrogen) atoms.